The molecule has 1 heterocycles. The number of alkyl halides is 2. The second kappa shape index (κ2) is 7.00. The highest BCUT2D eigenvalue weighted by Gasteiger charge is 2.11. The number of halogens is 2. The second-order valence-corrected chi connectivity index (χ2v) is 4.28. The number of benzene rings is 1. The van der Waals surface area contributed by atoms with Crippen LogP contribution in [-0.4, -0.2) is 23.3 Å². The number of methoxy groups -OCH3 is 1. The van der Waals surface area contributed by atoms with Crippen molar-refractivity contribution in [1.29, 1.82) is 0 Å². The molecule has 4 nitrogen and oxygen atoms in total. The monoisotopic (exact) mass is 281 g/mol. The van der Waals surface area contributed by atoms with E-state index in [1.807, 2.05) is 24.3 Å². The van der Waals surface area contributed by atoms with Gasteiger partial charge < -0.3 is 10.1 Å². The van der Waals surface area contributed by atoms with Crippen molar-refractivity contribution in [2.24, 2.45) is 0 Å². The van der Waals surface area contributed by atoms with Gasteiger partial charge in [-0.05, 0) is 18.1 Å². The van der Waals surface area contributed by atoms with E-state index in [4.69, 9.17) is 4.74 Å². The highest BCUT2D eigenvalue weighted by molar-refractivity contribution is 5.51. The maximum absolute atomic E-state index is 12.7. The molecule has 20 heavy (non-hydrogen) atoms. The Bertz CT molecular complexity index is 543. The number of rotatable bonds is 7. The maximum atomic E-state index is 12.7. The lowest BCUT2D eigenvalue weighted by molar-refractivity contribution is 0.0673. The molecule has 1 N–H and O–H groups in total. The zero-order valence-corrected chi connectivity index (χ0v) is 11.2. The molecule has 0 atom stereocenters. The van der Waals surface area contributed by atoms with E-state index in [-0.39, 0.29) is 6.54 Å². The lowest BCUT2D eigenvalue weighted by atomic mass is 10.1. The molecule has 0 saturated carbocycles. The predicted octanol–water partition coefficient (Wildman–Crippen LogP) is 3.08. The molecule has 0 fully saturated rings. The predicted molar refractivity (Wildman–Crippen MR) is 72.8 cm³/mol. The number of aromatic nitrogens is 2. The summed E-state index contributed by atoms with van der Waals surface area (Å²) in [6, 6.07) is 7.75. The number of hydrogen-bond donors (Lipinski definition) is 1. The maximum Gasteiger partial charge on any atom is 0.319 e. The summed E-state index contributed by atoms with van der Waals surface area (Å²) in [7, 11) is 1.65. The SMILES string of the molecule is COCCc1ccccc1NCc1nccn1C(F)F. The van der Waals surface area contributed by atoms with Crippen molar-refractivity contribution < 1.29 is 13.5 Å². The summed E-state index contributed by atoms with van der Waals surface area (Å²) in [6.07, 6.45) is 3.42. The average Bonchev–Trinajstić information content (AvgIpc) is 2.92. The van der Waals surface area contributed by atoms with Gasteiger partial charge in [-0.3, -0.25) is 4.57 Å². The number of nitrogens with one attached hydrogen (secondary N) is 1. The third kappa shape index (κ3) is 3.54. The van der Waals surface area contributed by atoms with Gasteiger partial charge in [-0.15, -0.1) is 0 Å². The quantitative estimate of drug-likeness (QED) is 0.847. The molecular weight excluding hydrogens is 264 g/mol. The fourth-order valence-corrected chi connectivity index (χ4v) is 1.96. The van der Waals surface area contributed by atoms with Gasteiger partial charge in [0.25, 0.3) is 0 Å². The van der Waals surface area contributed by atoms with Crippen LogP contribution >= 0.6 is 0 Å². The molecule has 0 radical (unpaired) electrons. The summed E-state index contributed by atoms with van der Waals surface area (Å²) in [5.41, 5.74) is 2.00. The Labute approximate surface area is 116 Å². The number of nitrogens with zero attached hydrogens (tertiary/aromatic N) is 2. The van der Waals surface area contributed by atoms with Crippen LogP contribution in [0, 0.1) is 0 Å². The number of ether oxygens (including phenoxy) is 1. The lowest BCUT2D eigenvalue weighted by Crippen LogP contribution is -2.10. The molecule has 0 unspecified atom stereocenters. The van der Waals surface area contributed by atoms with Crippen molar-refractivity contribution in [1.82, 2.24) is 9.55 Å². The molecule has 0 aliphatic carbocycles. The standard InChI is InChI=1S/C14H17F2N3O/c1-20-9-6-11-4-2-3-5-12(11)18-10-13-17-7-8-19(13)14(15)16/h2-5,7-8,14,18H,6,9-10H2,1H3. The van der Waals surface area contributed by atoms with Crippen molar-refractivity contribution in [3.05, 3.63) is 48.0 Å². The van der Waals surface area contributed by atoms with Crippen LogP contribution in [0.3, 0.4) is 0 Å². The first-order chi connectivity index (χ1) is 9.72. The summed E-state index contributed by atoms with van der Waals surface area (Å²) < 4.78 is 31.3. The summed E-state index contributed by atoms with van der Waals surface area (Å²) >= 11 is 0. The molecule has 2 aromatic rings. The van der Waals surface area contributed by atoms with Crippen LogP contribution < -0.4 is 5.32 Å². The Hall–Kier alpha value is -1.95. The van der Waals surface area contributed by atoms with Gasteiger partial charge in [-0.1, -0.05) is 18.2 Å². The normalized spacial score (nSPS) is 11.0. The van der Waals surface area contributed by atoms with Crippen LogP contribution in [0.1, 0.15) is 17.9 Å². The van der Waals surface area contributed by atoms with E-state index in [1.54, 1.807) is 7.11 Å². The molecule has 1 aromatic heterocycles. The Morgan fingerprint density at radius 2 is 2.15 bits per heavy atom. The zero-order chi connectivity index (χ0) is 14.4. The Balaban J connectivity index is 2.05. The first kappa shape index (κ1) is 14.5. The summed E-state index contributed by atoms with van der Waals surface area (Å²) in [5.74, 6) is 0.307. The van der Waals surface area contributed by atoms with Gasteiger partial charge in [-0.25, -0.2) is 4.98 Å². The third-order valence-corrected chi connectivity index (χ3v) is 2.99. The van der Waals surface area contributed by atoms with Gasteiger partial charge >= 0.3 is 6.55 Å². The summed E-state index contributed by atoms with van der Waals surface area (Å²) in [5, 5.41) is 3.15. The molecule has 1 aromatic carbocycles. The smallest absolute Gasteiger partial charge is 0.319 e. The third-order valence-electron chi connectivity index (χ3n) is 2.99. The van der Waals surface area contributed by atoms with Gasteiger partial charge in [0.15, 0.2) is 0 Å². The first-order valence-corrected chi connectivity index (χ1v) is 6.33. The van der Waals surface area contributed by atoms with E-state index in [0.717, 1.165) is 22.2 Å². The van der Waals surface area contributed by atoms with E-state index >= 15 is 0 Å². The lowest BCUT2D eigenvalue weighted by Gasteiger charge is -2.12. The molecule has 0 aliphatic rings. The van der Waals surface area contributed by atoms with E-state index in [2.05, 4.69) is 10.3 Å². The minimum atomic E-state index is -2.57. The molecular formula is C14H17F2N3O. The van der Waals surface area contributed by atoms with Gasteiger partial charge in [0.05, 0.1) is 13.2 Å². The molecule has 0 saturated heterocycles. The Kier molecular flexibility index (Phi) is 5.06. The fraction of sp³-hybridized carbons (Fsp3) is 0.357. The molecule has 0 bridgehead atoms. The second-order valence-electron chi connectivity index (χ2n) is 4.28. The van der Waals surface area contributed by atoms with Gasteiger partial charge in [0.1, 0.15) is 5.82 Å². The number of imidazole rings is 1. The topological polar surface area (TPSA) is 39.1 Å². The van der Waals surface area contributed by atoms with Crippen molar-refractivity contribution in [2.45, 2.75) is 19.5 Å². The number of anilines is 1. The Morgan fingerprint density at radius 3 is 2.90 bits per heavy atom. The van der Waals surface area contributed by atoms with Crippen LogP contribution in [-0.2, 0) is 17.7 Å². The van der Waals surface area contributed by atoms with Crippen LogP contribution in [0.15, 0.2) is 36.7 Å². The minimum Gasteiger partial charge on any atom is -0.384 e. The fourth-order valence-electron chi connectivity index (χ4n) is 1.96. The molecule has 2 rings (SSSR count). The molecule has 0 spiro atoms. The van der Waals surface area contributed by atoms with E-state index < -0.39 is 6.55 Å². The minimum absolute atomic E-state index is 0.251. The molecule has 0 amide bonds. The summed E-state index contributed by atoms with van der Waals surface area (Å²) in [4.78, 5) is 3.94. The number of hydrogen-bond acceptors (Lipinski definition) is 3. The van der Waals surface area contributed by atoms with Crippen LogP contribution in [0.25, 0.3) is 0 Å². The molecule has 6 heteroatoms. The van der Waals surface area contributed by atoms with Crippen molar-refractivity contribution in [2.75, 3.05) is 19.0 Å². The van der Waals surface area contributed by atoms with Gasteiger partial charge in [0, 0.05) is 25.2 Å². The highest BCUT2D eigenvalue weighted by atomic mass is 19.3. The molecule has 108 valence electrons. The Morgan fingerprint density at radius 1 is 1.35 bits per heavy atom. The molecule has 0 aliphatic heterocycles. The summed E-state index contributed by atoms with van der Waals surface area (Å²) in [6.45, 7) is -1.70. The van der Waals surface area contributed by atoms with E-state index in [1.165, 1.54) is 12.4 Å². The van der Waals surface area contributed by atoms with Crippen molar-refractivity contribution >= 4 is 5.69 Å². The van der Waals surface area contributed by atoms with Crippen LogP contribution in [0.4, 0.5) is 14.5 Å². The highest BCUT2D eigenvalue weighted by Crippen LogP contribution is 2.18. The largest absolute Gasteiger partial charge is 0.384 e. The van der Waals surface area contributed by atoms with Crippen LogP contribution in [0.5, 0.6) is 0 Å². The van der Waals surface area contributed by atoms with E-state index in [0.29, 0.717) is 12.4 Å². The van der Waals surface area contributed by atoms with Crippen molar-refractivity contribution in [3.8, 4) is 0 Å². The van der Waals surface area contributed by atoms with Gasteiger partial charge in [0.2, 0.25) is 0 Å². The average molecular weight is 281 g/mol. The van der Waals surface area contributed by atoms with Crippen molar-refractivity contribution in [3.63, 3.8) is 0 Å². The van der Waals surface area contributed by atoms with E-state index in [9.17, 15) is 8.78 Å². The zero-order valence-electron chi connectivity index (χ0n) is 11.2. The first-order valence-electron chi connectivity index (χ1n) is 6.33. The number of para-hydroxylation sites is 1. The van der Waals surface area contributed by atoms with Crippen LogP contribution in [0.2, 0.25) is 0 Å². The van der Waals surface area contributed by atoms with Gasteiger partial charge in [-0.2, -0.15) is 8.78 Å².